The van der Waals surface area contributed by atoms with Crippen molar-refractivity contribution >= 4 is 34.1 Å². The van der Waals surface area contributed by atoms with E-state index < -0.39 is 0 Å². The van der Waals surface area contributed by atoms with Crippen molar-refractivity contribution in [1.82, 2.24) is 14.5 Å². The summed E-state index contributed by atoms with van der Waals surface area (Å²) < 4.78 is 14.8. The van der Waals surface area contributed by atoms with E-state index in [4.69, 9.17) is 23.2 Å². The summed E-state index contributed by atoms with van der Waals surface area (Å²) >= 11 is 12.3. The largest absolute Gasteiger partial charge is 0.504 e. The average molecular weight is 436 g/mol. The molecule has 0 amide bonds. The Bertz CT molecular complexity index is 1130. The van der Waals surface area contributed by atoms with E-state index in [-0.39, 0.29) is 38.1 Å². The van der Waals surface area contributed by atoms with Crippen molar-refractivity contribution < 1.29 is 9.50 Å². The fourth-order valence-corrected chi connectivity index (χ4v) is 3.95. The summed E-state index contributed by atoms with van der Waals surface area (Å²) in [5.74, 6) is 0.458. The monoisotopic (exact) mass is 435 g/mol. The van der Waals surface area contributed by atoms with Gasteiger partial charge < -0.3 is 5.11 Å². The van der Waals surface area contributed by atoms with Gasteiger partial charge in [-0.25, -0.2) is 9.37 Å². The van der Waals surface area contributed by atoms with Gasteiger partial charge in [0.25, 0.3) is 5.56 Å². The van der Waals surface area contributed by atoms with Crippen LogP contribution in [0.4, 0.5) is 4.39 Å². The molecular formula is C21H20Cl2FN3O2. The maximum Gasteiger partial charge on any atom is 0.263 e. The number of hydrogen-bond acceptors (Lipinski definition) is 4. The molecule has 2 aromatic carbocycles. The lowest BCUT2D eigenvalue weighted by Gasteiger charge is -2.20. The minimum atomic E-state index is -0.282. The topological polar surface area (TPSA) is 58.4 Å². The Labute approximate surface area is 177 Å². The van der Waals surface area contributed by atoms with E-state index in [1.54, 1.807) is 16.7 Å². The molecule has 1 fully saturated rings. The van der Waals surface area contributed by atoms with Crippen molar-refractivity contribution in [2.75, 3.05) is 7.05 Å². The number of hydrogen-bond donors (Lipinski definition) is 1. The molecule has 5 nitrogen and oxygen atoms in total. The molecular weight excluding hydrogens is 416 g/mol. The summed E-state index contributed by atoms with van der Waals surface area (Å²) in [4.78, 5) is 19.8. The van der Waals surface area contributed by atoms with Crippen molar-refractivity contribution in [3.8, 4) is 5.75 Å². The first kappa shape index (κ1) is 20.1. The third-order valence-corrected chi connectivity index (χ3v) is 5.69. The lowest BCUT2D eigenvalue weighted by molar-refractivity contribution is 0.301. The molecule has 152 valence electrons. The first-order valence-electron chi connectivity index (χ1n) is 9.37. The first-order chi connectivity index (χ1) is 13.8. The van der Waals surface area contributed by atoms with E-state index >= 15 is 0 Å². The quantitative estimate of drug-likeness (QED) is 0.614. The SMILES string of the molecule is CN(Cc1ccc(F)cc1)Cc1nc2c(O)c(Cl)cc(Cl)c2c(=O)n1CC1CC1. The second-order valence-corrected chi connectivity index (χ2v) is 8.41. The molecule has 0 spiro atoms. The molecule has 1 aliphatic carbocycles. The van der Waals surface area contributed by atoms with Crippen molar-refractivity contribution in [2.24, 2.45) is 5.92 Å². The Morgan fingerprint density at radius 3 is 2.55 bits per heavy atom. The number of aromatic hydroxyl groups is 1. The Kier molecular flexibility index (Phi) is 5.51. The molecule has 1 aromatic heterocycles. The van der Waals surface area contributed by atoms with Crippen LogP contribution < -0.4 is 5.56 Å². The molecule has 4 rings (SSSR count). The van der Waals surface area contributed by atoms with Gasteiger partial charge in [-0.1, -0.05) is 35.3 Å². The third-order valence-electron chi connectivity index (χ3n) is 5.11. The molecule has 1 heterocycles. The molecule has 1 saturated carbocycles. The lowest BCUT2D eigenvalue weighted by Crippen LogP contribution is -2.30. The predicted octanol–water partition coefficient (Wildman–Crippen LogP) is 4.59. The maximum atomic E-state index is 13.2. The Balaban J connectivity index is 1.74. The van der Waals surface area contributed by atoms with Gasteiger partial charge in [0.1, 0.15) is 17.2 Å². The number of halogens is 3. The number of rotatable bonds is 6. The molecule has 0 saturated heterocycles. The minimum Gasteiger partial charge on any atom is -0.504 e. The highest BCUT2D eigenvalue weighted by Gasteiger charge is 2.26. The summed E-state index contributed by atoms with van der Waals surface area (Å²) in [6, 6.07) is 7.65. The number of aromatic nitrogens is 2. The number of fused-ring (bicyclic) bond motifs is 1. The Hall–Kier alpha value is -2.15. The van der Waals surface area contributed by atoms with Crippen LogP contribution in [0.2, 0.25) is 10.0 Å². The minimum absolute atomic E-state index is 0.0555. The van der Waals surface area contributed by atoms with Gasteiger partial charge in [0.05, 0.1) is 22.0 Å². The van der Waals surface area contributed by atoms with Gasteiger partial charge in [0.2, 0.25) is 0 Å². The molecule has 1 aliphatic rings. The van der Waals surface area contributed by atoms with Crippen LogP contribution in [0.15, 0.2) is 35.1 Å². The van der Waals surface area contributed by atoms with E-state index in [1.807, 2.05) is 11.9 Å². The Morgan fingerprint density at radius 1 is 1.21 bits per heavy atom. The molecule has 8 heteroatoms. The van der Waals surface area contributed by atoms with Crippen LogP contribution in [-0.2, 0) is 19.6 Å². The number of phenolic OH excluding ortho intramolecular Hbond substituents is 1. The second kappa shape index (κ2) is 7.94. The summed E-state index contributed by atoms with van der Waals surface area (Å²) in [7, 11) is 1.89. The van der Waals surface area contributed by atoms with E-state index in [0.717, 1.165) is 18.4 Å². The zero-order valence-corrected chi connectivity index (χ0v) is 17.3. The maximum absolute atomic E-state index is 13.2. The zero-order chi connectivity index (χ0) is 20.7. The van der Waals surface area contributed by atoms with Gasteiger partial charge in [-0.2, -0.15) is 0 Å². The van der Waals surface area contributed by atoms with Gasteiger partial charge in [-0.15, -0.1) is 0 Å². The second-order valence-electron chi connectivity index (χ2n) is 7.60. The zero-order valence-electron chi connectivity index (χ0n) is 15.8. The molecule has 0 atom stereocenters. The number of nitrogens with zero attached hydrogens (tertiary/aromatic N) is 3. The van der Waals surface area contributed by atoms with Crippen molar-refractivity contribution in [3.63, 3.8) is 0 Å². The van der Waals surface area contributed by atoms with Crippen LogP contribution in [0.5, 0.6) is 5.75 Å². The van der Waals surface area contributed by atoms with Crippen LogP contribution in [0.1, 0.15) is 24.2 Å². The third kappa shape index (κ3) is 4.25. The lowest BCUT2D eigenvalue weighted by atomic mass is 10.2. The van der Waals surface area contributed by atoms with Gasteiger partial charge >= 0.3 is 0 Å². The molecule has 3 aromatic rings. The standard InChI is InChI=1S/C21H20Cl2FN3O2/c1-26(9-12-4-6-14(24)7-5-12)11-17-25-19-18(15(22)8-16(23)20(19)28)21(29)27(17)10-13-2-3-13/h4-8,13,28H,2-3,9-11H2,1H3. The molecule has 1 N–H and O–H groups in total. The molecule has 0 radical (unpaired) electrons. The smallest absolute Gasteiger partial charge is 0.263 e. The number of benzene rings is 2. The molecule has 0 aliphatic heterocycles. The number of phenols is 1. The van der Waals surface area contributed by atoms with Crippen LogP contribution in [0, 0.1) is 11.7 Å². The van der Waals surface area contributed by atoms with Crippen LogP contribution >= 0.6 is 23.2 Å². The van der Waals surface area contributed by atoms with Gasteiger partial charge in [0.15, 0.2) is 5.75 Å². The van der Waals surface area contributed by atoms with Gasteiger partial charge in [0, 0.05) is 13.1 Å². The van der Waals surface area contributed by atoms with E-state index in [2.05, 4.69) is 4.98 Å². The fourth-order valence-electron chi connectivity index (χ4n) is 3.42. The summed E-state index contributed by atoms with van der Waals surface area (Å²) in [5, 5.41) is 10.8. The molecule has 0 bridgehead atoms. The first-order valence-corrected chi connectivity index (χ1v) is 10.1. The van der Waals surface area contributed by atoms with E-state index in [9.17, 15) is 14.3 Å². The fraction of sp³-hybridized carbons (Fsp3) is 0.333. The highest BCUT2D eigenvalue weighted by molar-refractivity contribution is 6.39. The Morgan fingerprint density at radius 2 is 1.90 bits per heavy atom. The van der Waals surface area contributed by atoms with Crippen molar-refractivity contribution in [1.29, 1.82) is 0 Å². The normalized spacial score (nSPS) is 14.1. The summed E-state index contributed by atoms with van der Waals surface area (Å²) in [6.45, 7) is 1.50. The van der Waals surface area contributed by atoms with Crippen LogP contribution in [0.25, 0.3) is 10.9 Å². The van der Waals surface area contributed by atoms with Crippen molar-refractivity contribution in [3.05, 3.63) is 67.9 Å². The predicted molar refractivity (Wildman–Crippen MR) is 112 cm³/mol. The van der Waals surface area contributed by atoms with E-state index in [1.165, 1.54) is 18.2 Å². The highest BCUT2D eigenvalue weighted by atomic mass is 35.5. The summed E-state index contributed by atoms with van der Waals surface area (Å²) in [6.07, 6.45) is 2.16. The molecule has 29 heavy (non-hydrogen) atoms. The van der Waals surface area contributed by atoms with Crippen molar-refractivity contribution in [2.45, 2.75) is 32.5 Å². The van der Waals surface area contributed by atoms with Crippen LogP contribution in [-0.4, -0.2) is 26.6 Å². The average Bonchev–Trinajstić information content (AvgIpc) is 3.48. The van der Waals surface area contributed by atoms with Gasteiger partial charge in [-0.05, 0) is 49.6 Å². The van der Waals surface area contributed by atoms with Gasteiger partial charge in [-0.3, -0.25) is 14.3 Å². The van der Waals surface area contributed by atoms with E-state index in [0.29, 0.717) is 31.4 Å². The molecule has 0 unspecified atom stereocenters. The highest BCUT2D eigenvalue weighted by Crippen LogP contribution is 2.36. The van der Waals surface area contributed by atoms with Crippen LogP contribution in [0.3, 0.4) is 0 Å². The summed E-state index contributed by atoms with van der Waals surface area (Å²) in [5.41, 5.74) is 0.786.